The monoisotopic (exact) mass is 875 g/mol. The Bertz CT molecular complexity index is 1480. The van der Waals surface area contributed by atoms with Crippen molar-refractivity contribution in [2.75, 3.05) is 21.3 Å². The molecular weight excluding hydrogens is 793 g/mol. The van der Waals surface area contributed by atoms with Gasteiger partial charge in [0, 0.05) is 89.1 Å². The number of carbonyl (C=O) groups is 1. The number of methoxy groups -OCH3 is 3. The van der Waals surface area contributed by atoms with Crippen LogP contribution in [0.1, 0.15) is 113 Å². The number of fused-ring (bicyclic) bond motifs is 2. The highest BCUT2D eigenvalue weighted by Gasteiger charge is 2.55. The normalized spacial score (nSPS) is 43.8. The van der Waals surface area contributed by atoms with Gasteiger partial charge in [-0.25, -0.2) is 4.79 Å². The van der Waals surface area contributed by atoms with Gasteiger partial charge in [0.15, 0.2) is 5.79 Å². The molecule has 12 heteroatoms. The molecule has 3 saturated heterocycles. The van der Waals surface area contributed by atoms with Crippen LogP contribution in [0.4, 0.5) is 0 Å². The Hall–Kier alpha value is -2.23. The second-order valence-electron chi connectivity index (χ2n) is 18.8. The molecule has 3 fully saturated rings. The summed E-state index contributed by atoms with van der Waals surface area (Å²) < 4.78 is 43.7. The maximum atomic E-state index is 13.6. The van der Waals surface area contributed by atoms with Crippen molar-refractivity contribution in [3.63, 3.8) is 0 Å². The molecule has 19 atom stereocenters. The van der Waals surface area contributed by atoms with Gasteiger partial charge < -0.3 is 53.6 Å². The highest BCUT2D eigenvalue weighted by molar-refractivity contribution is 5.82. The average molecular weight is 875 g/mol. The lowest BCUT2D eigenvalue weighted by atomic mass is 9.80. The van der Waals surface area contributed by atoms with Gasteiger partial charge in [0.2, 0.25) is 0 Å². The molecule has 1 spiro atoms. The minimum Gasteiger partial charge on any atom is -0.459 e. The summed E-state index contributed by atoms with van der Waals surface area (Å²) in [6, 6.07) is 0. The number of rotatable bonds is 9. The molecule has 0 amide bonds. The molecule has 0 aliphatic carbocycles. The lowest BCUT2D eigenvalue weighted by molar-refractivity contribution is -0.347. The van der Waals surface area contributed by atoms with Crippen LogP contribution in [0.15, 0.2) is 60.8 Å². The van der Waals surface area contributed by atoms with Gasteiger partial charge in [0.25, 0.3) is 0 Å². The van der Waals surface area contributed by atoms with E-state index < -0.39 is 66.5 Å². The van der Waals surface area contributed by atoms with Gasteiger partial charge in [-0.2, -0.15) is 0 Å². The molecular formula is C50H82O12. The quantitative estimate of drug-likeness (QED) is 0.105. The summed E-state index contributed by atoms with van der Waals surface area (Å²) in [4.78, 5) is 13.6. The van der Waals surface area contributed by atoms with Crippen molar-refractivity contribution in [3.8, 4) is 0 Å². The lowest BCUT2D eigenvalue weighted by Gasteiger charge is -2.51. The number of epoxide rings is 1. The molecule has 4 aliphatic heterocycles. The van der Waals surface area contributed by atoms with Crippen LogP contribution in [0, 0.1) is 35.5 Å². The number of aliphatic hydroxyl groups is 4. The van der Waals surface area contributed by atoms with Crippen LogP contribution in [-0.4, -0.2) is 127 Å². The van der Waals surface area contributed by atoms with Crippen LogP contribution in [0.2, 0.25) is 0 Å². The third-order valence-electron chi connectivity index (χ3n) is 14.0. The summed E-state index contributed by atoms with van der Waals surface area (Å²) in [6.45, 7) is 14.3. The number of allylic oxidation sites excluding steroid dienone is 4. The van der Waals surface area contributed by atoms with Gasteiger partial charge >= 0.3 is 5.97 Å². The van der Waals surface area contributed by atoms with Gasteiger partial charge in [-0.1, -0.05) is 110 Å². The number of ether oxygens (including phenoxy) is 7. The van der Waals surface area contributed by atoms with Crippen molar-refractivity contribution < 1.29 is 58.4 Å². The summed E-state index contributed by atoms with van der Waals surface area (Å²) in [5.74, 6) is -2.23. The number of aliphatic hydroxyl groups excluding tert-OH is 4. The fourth-order valence-corrected chi connectivity index (χ4v) is 9.43. The van der Waals surface area contributed by atoms with Gasteiger partial charge in [0.05, 0.1) is 61.0 Å². The van der Waals surface area contributed by atoms with Crippen LogP contribution >= 0.6 is 0 Å². The summed E-state index contributed by atoms with van der Waals surface area (Å²) >= 11 is 0. The first-order chi connectivity index (χ1) is 29.6. The number of hydrogen-bond acceptors (Lipinski definition) is 12. The fourth-order valence-electron chi connectivity index (χ4n) is 9.43. The molecule has 1 unspecified atom stereocenters. The molecule has 0 saturated carbocycles. The van der Waals surface area contributed by atoms with Crippen molar-refractivity contribution in [1.29, 1.82) is 0 Å². The zero-order valence-electron chi connectivity index (χ0n) is 39.3. The zero-order chi connectivity index (χ0) is 45.6. The van der Waals surface area contributed by atoms with E-state index in [4.69, 9.17) is 33.2 Å². The highest BCUT2D eigenvalue weighted by Crippen LogP contribution is 2.47. The molecule has 0 aromatic heterocycles. The second kappa shape index (κ2) is 25.5. The molecule has 2 bridgehead atoms. The van der Waals surface area contributed by atoms with E-state index in [1.807, 2.05) is 76.3 Å². The average Bonchev–Trinajstić information content (AvgIpc) is 4.04. The van der Waals surface area contributed by atoms with Crippen molar-refractivity contribution in [2.45, 2.75) is 192 Å². The van der Waals surface area contributed by atoms with E-state index >= 15 is 0 Å². The summed E-state index contributed by atoms with van der Waals surface area (Å²) in [7, 11) is 4.85. The molecule has 0 radical (unpaired) electrons. The largest absolute Gasteiger partial charge is 0.459 e. The van der Waals surface area contributed by atoms with Crippen molar-refractivity contribution in [3.05, 3.63) is 60.8 Å². The maximum Gasteiger partial charge on any atom is 0.330 e. The maximum absolute atomic E-state index is 13.6. The van der Waals surface area contributed by atoms with Crippen molar-refractivity contribution in [2.24, 2.45) is 35.5 Å². The topological polar surface area (TPSA) is 166 Å². The fraction of sp³-hybridized carbons (Fsp3) is 0.780. The van der Waals surface area contributed by atoms with Gasteiger partial charge in [-0.05, 0) is 31.6 Å². The van der Waals surface area contributed by atoms with E-state index in [0.29, 0.717) is 31.6 Å². The second-order valence-corrected chi connectivity index (χ2v) is 18.8. The Morgan fingerprint density at radius 3 is 2.15 bits per heavy atom. The Morgan fingerprint density at radius 2 is 1.45 bits per heavy atom. The first kappa shape index (κ1) is 52.4. The molecule has 0 aromatic rings. The van der Waals surface area contributed by atoms with E-state index in [2.05, 4.69) is 20.8 Å². The van der Waals surface area contributed by atoms with Gasteiger partial charge in [0.1, 0.15) is 12.2 Å². The zero-order valence-corrected chi connectivity index (χ0v) is 39.3. The van der Waals surface area contributed by atoms with Crippen LogP contribution in [-0.2, 0) is 38.0 Å². The van der Waals surface area contributed by atoms with E-state index in [1.165, 1.54) is 6.08 Å². The van der Waals surface area contributed by atoms with Crippen LogP contribution < -0.4 is 0 Å². The Morgan fingerprint density at radius 1 is 0.774 bits per heavy atom. The Balaban J connectivity index is 1.57. The standard InChI is InChI=1S/C50H82O12/c1-11-18-34(5)47-49(60-47)48(58-10)36(7)42-21-17-26-50(61-42)30-45-35(6)44(62-50)29-40(53)31(2)19-15-13-12-14-16-20-43(57-9)41(54)28-39(52)32(3)22-24-37(56-8)27-38(51)33(4)23-25-46(55)59-45/h12-16,19,22-25,31-45,47-49,51-54H,11,17-18,20-21,26-30H2,1-10H3/b13-12+,16-14+,19-15+,24-22+,25-23+/t31-,32-,33-,34-,35-,36+,37+,38-,39+,40+,41-,42-,43?,44-,45-,47+,48-,49-,50+/m1/s1. The first-order valence-corrected chi connectivity index (χ1v) is 23.5. The number of carbonyl (C=O) groups excluding carboxylic acids is 1. The van der Waals surface area contributed by atoms with E-state index in [1.54, 1.807) is 27.4 Å². The van der Waals surface area contributed by atoms with Gasteiger partial charge in [-0.15, -0.1) is 0 Å². The molecule has 354 valence electrons. The smallest absolute Gasteiger partial charge is 0.330 e. The summed E-state index contributed by atoms with van der Waals surface area (Å²) in [5, 5.41) is 44.5. The predicted octanol–water partition coefficient (Wildman–Crippen LogP) is 7.18. The van der Waals surface area contributed by atoms with E-state index in [9.17, 15) is 25.2 Å². The molecule has 4 aliphatic rings. The third kappa shape index (κ3) is 15.2. The molecule has 4 rings (SSSR count). The van der Waals surface area contributed by atoms with Crippen LogP contribution in [0.25, 0.3) is 0 Å². The summed E-state index contributed by atoms with van der Waals surface area (Å²) in [6.07, 6.45) is 18.7. The minimum absolute atomic E-state index is 0.0154. The Labute approximate surface area is 372 Å². The van der Waals surface area contributed by atoms with E-state index in [-0.39, 0.29) is 60.9 Å². The van der Waals surface area contributed by atoms with Gasteiger partial charge in [-0.3, -0.25) is 0 Å². The van der Waals surface area contributed by atoms with Crippen LogP contribution in [0.5, 0.6) is 0 Å². The lowest BCUT2D eigenvalue weighted by Crippen LogP contribution is -2.58. The first-order valence-electron chi connectivity index (χ1n) is 23.5. The SMILES string of the molecule is CCC[C@@H](C)[C@@H]1O[C@H]1[C@H](OC)[C@@H](C)[C@H]1CCC[C@]2(C[C@H]3OC(=O)/C=C/[C@@H](C)[C@H](O)C[C@@H](OC)/C=C/[C@@H](C)[C@@H](O)C[C@@H](O)C(OC)C/C=C/C=C/C=C/[C@@H](C)[C@@H](O)C[C@@H](O2)[C@H]3C)O1. The number of esters is 1. The molecule has 4 N–H and O–H groups in total. The third-order valence-corrected chi connectivity index (χ3v) is 14.0. The predicted molar refractivity (Wildman–Crippen MR) is 240 cm³/mol. The highest BCUT2D eigenvalue weighted by atomic mass is 16.7. The molecule has 62 heavy (non-hydrogen) atoms. The van der Waals surface area contributed by atoms with E-state index in [0.717, 1.165) is 25.7 Å². The number of hydrogen-bond donors (Lipinski definition) is 4. The molecule has 0 aromatic carbocycles. The van der Waals surface area contributed by atoms with Crippen molar-refractivity contribution >= 4 is 5.97 Å². The van der Waals surface area contributed by atoms with Crippen LogP contribution in [0.3, 0.4) is 0 Å². The summed E-state index contributed by atoms with van der Waals surface area (Å²) in [5.41, 5.74) is 0. The minimum atomic E-state index is -1.02. The molecule has 4 heterocycles. The Kier molecular flexibility index (Phi) is 21.5. The van der Waals surface area contributed by atoms with Crippen molar-refractivity contribution in [1.82, 2.24) is 0 Å². The molecule has 12 nitrogen and oxygen atoms in total.